The van der Waals surface area contributed by atoms with Gasteiger partial charge in [-0.25, -0.2) is 0 Å². The molecule has 2 aromatic carbocycles. The number of hydrogen-bond acceptors (Lipinski definition) is 2. The van der Waals surface area contributed by atoms with Crippen molar-refractivity contribution in [2.75, 3.05) is 10.9 Å². The summed E-state index contributed by atoms with van der Waals surface area (Å²) in [4.78, 5) is 0. The third kappa shape index (κ3) is 3.05. The molecular weight excluding hydrogens is 255 g/mol. The van der Waals surface area contributed by atoms with Crippen molar-refractivity contribution in [3.63, 3.8) is 0 Å². The van der Waals surface area contributed by atoms with E-state index in [1.165, 1.54) is 0 Å². The Hall–Kier alpha value is -1.38. The Morgan fingerprint density at radius 3 is 2.47 bits per heavy atom. The zero-order chi connectivity index (χ0) is 12.3. The summed E-state index contributed by atoms with van der Waals surface area (Å²) in [7, 11) is 0. The lowest BCUT2D eigenvalue weighted by Crippen LogP contribution is -2.09. The molecule has 2 N–H and O–H groups in total. The first-order chi connectivity index (χ1) is 8.16. The molecule has 0 aliphatic rings. The second kappa shape index (κ2) is 5.30. The van der Waals surface area contributed by atoms with Crippen molar-refractivity contribution in [2.24, 2.45) is 0 Å². The second-order valence-electron chi connectivity index (χ2n) is 3.67. The minimum atomic E-state index is 0.694. The van der Waals surface area contributed by atoms with Gasteiger partial charge in [-0.1, -0.05) is 35.3 Å². The highest BCUT2D eigenvalue weighted by atomic mass is 35.5. The number of anilines is 2. The lowest BCUT2D eigenvalue weighted by molar-refractivity contribution is 1.36. The predicted molar refractivity (Wildman–Crippen MR) is 74.9 cm³/mol. The summed E-state index contributed by atoms with van der Waals surface area (Å²) in [6.45, 7) is 1.96. The maximum atomic E-state index is 6.03. The van der Waals surface area contributed by atoms with Crippen molar-refractivity contribution in [3.05, 3.63) is 58.1 Å². The molecule has 0 radical (unpaired) electrons. The van der Waals surface area contributed by atoms with Crippen LogP contribution in [0.2, 0.25) is 10.0 Å². The van der Waals surface area contributed by atoms with Crippen LogP contribution in [0, 0.1) is 6.92 Å². The topological polar surface area (TPSA) is 24.1 Å². The van der Waals surface area contributed by atoms with Gasteiger partial charge >= 0.3 is 0 Å². The van der Waals surface area contributed by atoms with E-state index >= 15 is 0 Å². The summed E-state index contributed by atoms with van der Waals surface area (Å²) in [6, 6.07) is 13.2. The van der Waals surface area contributed by atoms with Crippen molar-refractivity contribution < 1.29 is 0 Å². The molecule has 0 fully saturated rings. The van der Waals surface area contributed by atoms with Crippen LogP contribution in [0.15, 0.2) is 42.5 Å². The highest BCUT2D eigenvalue weighted by molar-refractivity contribution is 6.31. The van der Waals surface area contributed by atoms with Crippen LogP contribution in [0.4, 0.5) is 11.4 Å². The largest absolute Gasteiger partial charge is 0.301 e. The maximum Gasteiger partial charge on any atom is 0.0583 e. The molecule has 2 nitrogen and oxygen atoms in total. The van der Waals surface area contributed by atoms with Gasteiger partial charge in [-0.15, -0.1) is 0 Å². The van der Waals surface area contributed by atoms with Gasteiger partial charge in [0.1, 0.15) is 0 Å². The average molecular weight is 267 g/mol. The molecule has 4 heteroatoms. The van der Waals surface area contributed by atoms with E-state index < -0.39 is 0 Å². The fourth-order valence-electron chi connectivity index (χ4n) is 1.45. The number of hydrazine groups is 1. The molecule has 17 heavy (non-hydrogen) atoms. The molecule has 0 aliphatic carbocycles. The van der Waals surface area contributed by atoms with Crippen LogP contribution in [-0.4, -0.2) is 0 Å². The molecule has 0 saturated carbocycles. The molecule has 0 aliphatic heterocycles. The summed E-state index contributed by atoms with van der Waals surface area (Å²) < 4.78 is 0. The predicted octanol–water partition coefficient (Wildman–Crippen LogP) is 4.74. The Labute approximate surface area is 111 Å². The van der Waals surface area contributed by atoms with E-state index in [0.29, 0.717) is 5.02 Å². The maximum absolute atomic E-state index is 6.03. The standard InChI is InChI=1S/C13H12Cl2N2/c1-9-12(15)6-3-7-13(9)17-16-11-5-2-4-10(14)8-11/h2-8,16-17H,1H3. The summed E-state index contributed by atoms with van der Waals surface area (Å²) >= 11 is 11.9. The van der Waals surface area contributed by atoms with Gasteiger partial charge in [-0.3, -0.25) is 0 Å². The molecule has 2 rings (SSSR count). The smallest absolute Gasteiger partial charge is 0.0583 e. The van der Waals surface area contributed by atoms with Crippen molar-refractivity contribution in [2.45, 2.75) is 6.92 Å². The summed E-state index contributed by atoms with van der Waals surface area (Å²) in [6.07, 6.45) is 0. The van der Waals surface area contributed by atoms with E-state index in [9.17, 15) is 0 Å². The minimum Gasteiger partial charge on any atom is -0.301 e. The number of nitrogens with one attached hydrogen (secondary N) is 2. The van der Waals surface area contributed by atoms with E-state index in [-0.39, 0.29) is 0 Å². The fraction of sp³-hybridized carbons (Fsp3) is 0.0769. The molecule has 0 aromatic heterocycles. The van der Waals surface area contributed by atoms with Crippen LogP contribution in [0.5, 0.6) is 0 Å². The Morgan fingerprint density at radius 1 is 0.941 bits per heavy atom. The first-order valence-electron chi connectivity index (χ1n) is 5.19. The first kappa shape index (κ1) is 12.1. The van der Waals surface area contributed by atoms with Crippen molar-refractivity contribution in [1.29, 1.82) is 0 Å². The van der Waals surface area contributed by atoms with Gasteiger partial charge in [0.05, 0.1) is 11.4 Å². The van der Waals surface area contributed by atoms with Crippen LogP contribution < -0.4 is 10.9 Å². The zero-order valence-electron chi connectivity index (χ0n) is 9.30. The normalized spacial score (nSPS) is 10.1. The summed E-state index contributed by atoms with van der Waals surface area (Å²) in [5.74, 6) is 0. The van der Waals surface area contributed by atoms with Crippen LogP contribution in [-0.2, 0) is 0 Å². The van der Waals surface area contributed by atoms with Crippen LogP contribution in [0.3, 0.4) is 0 Å². The summed E-state index contributed by atoms with van der Waals surface area (Å²) in [5, 5.41) is 1.43. The monoisotopic (exact) mass is 266 g/mol. The highest BCUT2D eigenvalue weighted by Crippen LogP contribution is 2.23. The fourth-order valence-corrected chi connectivity index (χ4v) is 1.81. The molecule has 2 aromatic rings. The Bertz CT molecular complexity index is 527. The van der Waals surface area contributed by atoms with Crippen molar-refractivity contribution in [3.8, 4) is 0 Å². The Kier molecular flexibility index (Phi) is 3.77. The quantitative estimate of drug-likeness (QED) is 0.785. The van der Waals surface area contributed by atoms with Gasteiger partial charge in [0.2, 0.25) is 0 Å². The molecule has 0 unspecified atom stereocenters. The minimum absolute atomic E-state index is 0.694. The molecule has 0 heterocycles. The van der Waals surface area contributed by atoms with E-state index in [0.717, 1.165) is 22.0 Å². The van der Waals surface area contributed by atoms with Crippen LogP contribution in [0.25, 0.3) is 0 Å². The van der Waals surface area contributed by atoms with E-state index in [1.54, 1.807) is 0 Å². The molecule has 0 saturated heterocycles. The van der Waals surface area contributed by atoms with Crippen molar-refractivity contribution >= 4 is 34.6 Å². The van der Waals surface area contributed by atoms with Crippen molar-refractivity contribution in [1.82, 2.24) is 0 Å². The van der Waals surface area contributed by atoms with Gasteiger partial charge < -0.3 is 10.9 Å². The third-order valence-electron chi connectivity index (χ3n) is 2.43. The first-order valence-corrected chi connectivity index (χ1v) is 5.95. The Morgan fingerprint density at radius 2 is 1.71 bits per heavy atom. The van der Waals surface area contributed by atoms with Crippen LogP contribution >= 0.6 is 23.2 Å². The molecule has 0 spiro atoms. The van der Waals surface area contributed by atoms with E-state index in [1.807, 2.05) is 49.4 Å². The highest BCUT2D eigenvalue weighted by Gasteiger charge is 2.01. The van der Waals surface area contributed by atoms with E-state index in [4.69, 9.17) is 23.2 Å². The SMILES string of the molecule is Cc1c(Cl)cccc1NNc1cccc(Cl)c1. The van der Waals surface area contributed by atoms with Gasteiger partial charge in [-0.2, -0.15) is 0 Å². The summed E-state index contributed by atoms with van der Waals surface area (Å²) in [5.41, 5.74) is 9.03. The van der Waals surface area contributed by atoms with Crippen LogP contribution in [0.1, 0.15) is 5.56 Å². The molecule has 0 amide bonds. The average Bonchev–Trinajstić information content (AvgIpc) is 2.31. The molecule has 0 atom stereocenters. The van der Waals surface area contributed by atoms with Gasteiger partial charge in [0, 0.05) is 10.0 Å². The number of benzene rings is 2. The molecule has 0 bridgehead atoms. The number of halogens is 2. The van der Waals surface area contributed by atoms with Gasteiger partial charge in [0.25, 0.3) is 0 Å². The van der Waals surface area contributed by atoms with E-state index in [2.05, 4.69) is 10.9 Å². The van der Waals surface area contributed by atoms with Gasteiger partial charge in [0.15, 0.2) is 0 Å². The number of rotatable bonds is 3. The Balaban J connectivity index is 2.10. The molecular formula is C13H12Cl2N2. The lowest BCUT2D eigenvalue weighted by Gasteiger charge is -2.12. The second-order valence-corrected chi connectivity index (χ2v) is 4.52. The third-order valence-corrected chi connectivity index (χ3v) is 3.08. The lowest BCUT2D eigenvalue weighted by atomic mass is 10.2. The van der Waals surface area contributed by atoms with Gasteiger partial charge in [-0.05, 0) is 42.8 Å². The zero-order valence-corrected chi connectivity index (χ0v) is 10.8. The molecule has 88 valence electrons. The number of hydrogen-bond donors (Lipinski definition) is 2.